The van der Waals surface area contributed by atoms with Crippen molar-refractivity contribution in [2.24, 2.45) is 0 Å². The summed E-state index contributed by atoms with van der Waals surface area (Å²) in [5.41, 5.74) is 1.50. The topological polar surface area (TPSA) is 49.8 Å². The maximum atomic E-state index is 14.8. The predicted octanol–water partition coefficient (Wildman–Crippen LogP) is 6.03. The number of aromatic carboxylic acids is 1. The molecule has 0 bridgehead atoms. The van der Waals surface area contributed by atoms with Gasteiger partial charge in [0.05, 0.1) is 11.3 Å². The second-order valence-corrected chi connectivity index (χ2v) is 6.72. The highest BCUT2D eigenvalue weighted by Crippen LogP contribution is 2.37. The quantitative estimate of drug-likeness (QED) is 0.552. The minimum absolute atomic E-state index is 0.0725. The van der Waals surface area contributed by atoms with E-state index in [9.17, 15) is 14.3 Å². The number of hydrogen-bond donors (Lipinski definition) is 1. The molecule has 146 valence electrons. The molecular weight excluding hydrogens is 345 g/mol. The van der Waals surface area contributed by atoms with Gasteiger partial charge in [0.15, 0.2) is 11.6 Å². The van der Waals surface area contributed by atoms with Gasteiger partial charge in [-0.15, -0.1) is 0 Å². The Balaban J connectivity index is 2.48. The fraction of sp³-hybridized carbons (Fsp3) is 0.409. The number of ether oxygens (including phenoxy) is 1. The molecular formula is C22H28FNO3. The Bertz CT molecular complexity index is 751. The summed E-state index contributed by atoms with van der Waals surface area (Å²) in [7, 11) is 0. The van der Waals surface area contributed by atoms with Crippen LogP contribution in [0.2, 0.25) is 0 Å². The van der Waals surface area contributed by atoms with Gasteiger partial charge in [-0.3, -0.25) is 0 Å². The predicted molar refractivity (Wildman–Crippen MR) is 107 cm³/mol. The van der Waals surface area contributed by atoms with Gasteiger partial charge < -0.3 is 14.7 Å². The molecule has 2 aromatic rings. The number of rotatable bonds is 10. The minimum atomic E-state index is -1.15. The molecule has 0 aliphatic rings. The van der Waals surface area contributed by atoms with Crippen LogP contribution in [0, 0.1) is 12.7 Å². The van der Waals surface area contributed by atoms with E-state index in [-0.39, 0.29) is 11.3 Å². The van der Waals surface area contributed by atoms with Gasteiger partial charge in [0.1, 0.15) is 5.75 Å². The highest BCUT2D eigenvalue weighted by atomic mass is 19.1. The number of aryl methyl sites for hydroxylation is 1. The van der Waals surface area contributed by atoms with Crippen LogP contribution in [0.3, 0.4) is 0 Å². The number of unbranched alkanes of at least 4 members (excludes halogenated alkanes) is 2. The molecule has 1 N–H and O–H groups in total. The summed E-state index contributed by atoms with van der Waals surface area (Å²) in [6.07, 6.45) is 3.87. The Kier molecular flexibility index (Phi) is 7.65. The molecule has 2 rings (SSSR count). The Morgan fingerprint density at radius 2 is 1.67 bits per heavy atom. The largest absolute Gasteiger partial charge is 0.478 e. The summed E-state index contributed by atoms with van der Waals surface area (Å²) >= 11 is 0. The highest BCUT2D eigenvalue weighted by molar-refractivity contribution is 5.90. The van der Waals surface area contributed by atoms with Crippen LogP contribution in [0.1, 0.15) is 55.5 Å². The number of carboxylic acids is 1. The number of carbonyl (C=O) groups is 1. The van der Waals surface area contributed by atoms with E-state index in [1.54, 1.807) is 12.1 Å². The first-order valence-corrected chi connectivity index (χ1v) is 9.52. The van der Waals surface area contributed by atoms with E-state index in [4.69, 9.17) is 4.74 Å². The van der Waals surface area contributed by atoms with Gasteiger partial charge in [0, 0.05) is 13.1 Å². The number of hydrogen-bond acceptors (Lipinski definition) is 3. The number of carboxylic acid groups (broad SMARTS) is 1. The molecule has 5 heteroatoms. The van der Waals surface area contributed by atoms with Crippen LogP contribution in [-0.2, 0) is 0 Å². The normalized spacial score (nSPS) is 10.7. The SMILES string of the molecule is CCCCN(CCCC)c1cc(C(=O)O)cc(F)c1Oc1ccc(C)cc1. The first kappa shape index (κ1) is 20.7. The second-order valence-electron chi connectivity index (χ2n) is 6.72. The lowest BCUT2D eigenvalue weighted by Crippen LogP contribution is -2.26. The van der Waals surface area contributed by atoms with Crippen LogP contribution in [0.4, 0.5) is 10.1 Å². The molecule has 0 saturated heterocycles. The molecule has 0 unspecified atom stereocenters. The monoisotopic (exact) mass is 373 g/mol. The number of benzene rings is 2. The summed E-state index contributed by atoms with van der Waals surface area (Å²) in [6.45, 7) is 7.60. The van der Waals surface area contributed by atoms with Crippen molar-refractivity contribution in [2.45, 2.75) is 46.5 Å². The average Bonchev–Trinajstić information content (AvgIpc) is 2.65. The van der Waals surface area contributed by atoms with Crippen molar-refractivity contribution in [3.8, 4) is 11.5 Å². The molecule has 0 aromatic heterocycles. The Morgan fingerprint density at radius 1 is 1.07 bits per heavy atom. The maximum absolute atomic E-state index is 14.8. The Morgan fingerprint density at radius 3 is 2.19 bits per heavy atom. The van der Waals surface area contributed by atoms with Gasteiger partial charge in [0.25, 0.3) is 0 Å². The Labute approximate surface area is 160 Å². The summed E-state index contributed by atoms with van der Waals surface area (Å²) in [5.74, 6) is -1.21. The summed E-state index contributed by atoms with van der Waals surface area (Å²) in [6, 6.07) is 9.89. The molecule has 2 aromatic carbocycles. The molecule has 27 heavy (non-hydrogen) atoms. The van der Waals surface area contributed by atoms with Gasteiger partial charge in [-0.05, 0) is 44.0 Å². The lowest BCUT2D eigenvalue weighted by molar-refractivity contribution is 0.0696. The third-order valence-electron chi connectivity index (χ3n) is 4.42. The van der Waals surface area contributed by atoms with E-state index in [2.05, 4.69) is 13.8 Å². The molecule has 0 aliphatic carbocycles. The first-order chi connectivity index (χ1) is 13.0. The molecule has 0 spiro atoms. The van der Waals surface area contributed by atoms with Gasteiger partial charge in [0.2, 0.25) is 0 Å². The lowest BCUT2D eigenvalue weighted by atomic mass is 10.1. The van der Waals surface area contributed by atoms with E-state index in [0.29, 0.717) is 11.4 Å². The molecule has 0 amide bonds. The van der Waals surface area contributed by atoms with Crippen molar-refractivity contribution in [1.82, 2.24) is 0 Å². The smallest absolute Gasteiger partial charge is 0.335 e. The van der Waals surface area contributed by atoms with E-state index in [1.165, 1.54) is 6.07 Å². The molecule has 0 heterocycles. The van der Waals surface area contributed by atoms with Crippen molar-refractivity contribution in [3.63, 3.8) is 0 Å². The lowest BCUT2D eigenvalue weighted by Gasteiger charge is -2.27. The fourth-order valence-corrected chi connectivity index (χ4v) is 2.81. The van der Waals surface area contributed by atoms with Gasteiger partial charge in [-0.25, -0.2) is 9.18 Å². The zero-order valence-electron chi connectivity index (χ0n) is 16.3. The molecule has 0 aliphatic heterocycles. The number of anilines is 1. The average molecular weight is 373 g/mol. The Hall–Kier alpha value is -2.56. The van der Waals surface area contributed by atoms with Crippen LogP contribution in [0.5, 0.6) is 11.5 Å². The summed E-state index contributed by atoms with van der Waals surface area (Å²) in [5, 5.41) is 9.35. The molecule has 4 nitrogen and oxygen atoms in total. The van der Waals surface area contributed by atoms with E-state index >= 15 is 0 Å². The third-order valence-corrected chi connectivity index (χ3v) is 4.42. The number of nitrogens with zero attached hydrogens (tertiary/aromatic N) is 1. The standard InChI is InChI=1S/C22H28FNO3/c1-4-6-12-24(13-7-5-2)20-15-17(22(25)26)14-19(23)21(20)27-18-10-8-16(3)9-11-18/h8-11,14-15H,4-7,12-13H2,1-3H3,(H,25,26). The van der Waals surface area contributed by atoms with Crippen molar-refractivity contribution in [3.05, 3.63) is 53.3 Å². The van der Waals surface area contributed by atoms with Crippen LogP contribution in [0.15, 0.2) is 36.4 Å². The molecule has 0 atom stereocenters. The minimum Gasteiger partial charge on any atom is -0.478 e. The van der Waals surface area contributed by atoms with Crippen LogP contribution in [-0.4, -0.2) is 24.2 Å². The van der Waals surface area contributed by atoms with Gasteiger partial charge in [-0.1, -0.05) is 44.4 Å². The summed E-state index contributed by atoms with van der Waals surface area (Å²) in [4.78, 5) is 13.5. The van der Waals surface area contributed by atoms with Crippen LogP contribution < -0.4 is 9.64 Å². The molecule has 0 radical (unpaired) electrons. The molecule has 0 saturated carbocycles. The van der Waals surface area contributed by atoms with Crippen LogP contribution in [0.25, 0.3) is 0 Å². The first-order valence-electron chi connectivity index (χ1n) is 9.52. The third kappa shape index (κ3) is 5.71. The van der Waals surface area contributed by atoms with Gasteiger partial charge >= 0.3 is 5.97 Å². The van der Waals surface area contributed by atoms with Crippen molar-refractivity contribution >= 4 is 11.7 Å². The van der Waals surface area contributed by atoms with Gasteiger partial charge in [-0.2, -0.15) is 0 Å². The van der Waals surface area contributed by atoms with E-state index in [1.807, 2.05) is 24.0 Å². The zero-order valence-corrected chi connectivity index (χ0v) is 16.3. The fourth-order valence-electron chi connectivity index (χ4n) is 2.81. The van der Waals surface area contributed by atoms with Crippen molar-refractivity contribution in [1.29, 1.82) is 0 Å². The van der Waals surface area contributed by atoms with Crippen LogP contribution >= 0.6 is 0 Å². The number of halogens is 1. The van der Waals surface area contributed by atoms with Crippen molar-refractivity contribution in [2.75, 3.05) is 18.0 Å². The molecule has 0 fully saturated rings. The van der Waals surface area contributed by atoms with Crippen molar-refractivity contribution < 1.29 is 19.0 Å². The highest BCUT2D eigenvalue weighted by Gasteiger charge is 2.21. The summed E-state index contributed by atoms with van der Waals surface area (Å²) < 4.78 is 20.7. The van der Waals surface area contributed by atoms with E-state index in [0.717, 1.165) is 50.4 Å². The van der Waals surface area contributed by atoms with E-state index < -0.39 is 11.8 Å². The second kappa shape index (κ2) is 9.95. The zero-order chi connectivity index (χ0) is 19.8. The maximum Gasteiger partial charge on any atom is 0.335 e.